The van der Waals surface area contributed by atoms with Gasteiger partial charge in [0.2, 0.25) is 0 Å². The topological polar surface area (TPSA) is 58.6 Å². The zero-order chi connectivity index (χ0) is 21.8. The van der Waals surface area contributed by atoms with Crippen molar-refractivity contribution in [1.82, 2.24) is 10.2 Å². The summed E-state index contributed by atoms with van der Waals surface area (Å²) in [6, 6.07) is 22.7. The zero-order valence-corrected chi connectivity index (χ0v) is 18.6. The van der Waals surface area contributed by atoms with Gasteiger partial charge in [-0.1, -0.05) is 76.1 Å². The molecule has 0 unspecified atom stereocenters. The molecule has 0 bridgehead atoms. The van der Waals surface area contributed by atoms with E-state index in [0.29, 0.717) is 17.9 Å². The largest absolute Gasteiger partial charge is 0.488 e. The van der Waals surface area contributed by atoms with Gasteiger partial charge >= 0.3 is 6.03 Å². The number of amides is 3. The number of hydrogen-bond donors (Lipinski definition) is 1. The van der Waals surface area contributed by atoms with Crippen LogP contribution in [-0.2, 0) is 17.9 Å². The molecule has 1 saturated heterocycles. The number of rotatable bonds is 6. The Morgan fingerprint density at radius 2 is 1.74 bits per heavy atom. The van der Waals surface area contributed by atoms with E-state index in [0.717, 1.165) is 21.2 Å². The van der Waals surface area contributed by atoms with Crippen LogP contribution >= 0.6 is 15.9 Å². The monoisotopic (exact) mass is 476 g/mol. The molecule has 0 atom stereocenters. The van der Waals surface area contributed by atoms with E-state index in [9.17, 15) is 9.59 Å². The first-order valence-corrected chi connectivity index (χ1v) is 10.7. The van der Waals surface area contributed by atoms with E-state index in [1.54, 1.807) is 6.08 Å². The third-order valence-electron chi connectivity index (χ3n) is 4.89. The van der Waals surface area contributed by atoms with Gasteiger partial charge < -0.3 is 10.1 Å². The van der Waals surface area contributed by atoms with Gasteiger partial charge in [-0.15, -0.1) is 0 Å². The van der Waals surface area contributed by atoms with Gasteiger partial charge in [0.15, 0.2) is 0 Å². The van der Waals surface area contributed by atoms with Crippen molar-refractivity contribution in [2.75, 3.05) is 0 Å². The SMILES string of the molecule is Cc1cccc(COc2ccc(Br)cc2/C=C2/NC(=O)N(Cc3ccccc3)C2=O)c1. The lowest BCUT2D eigenvalue weighted by atomic mass is 10.1. The Balaban J connectivity index is 1.55. The zero-order valence-electron chi connectivity index (χ0n) is 17.0. The molecular weight excluding hydrogens is 456 g/mol. The molecule has 1 aliphatic heterocycles. The molecule has 156 valence electrons. The van der Waals surface area contributed by atoms with Gasteiger partial charge in [0.25, 0.3) is 5.91 Å². The Bertz CT molecular complexity index is 1160. The summed E-state index contributed by atoms with van der Waals surface area (Å²) in [7, 11) is 0. The minimum Gasteiger partial charge on any atom is -0.488 e. The van der Waals surface area contributed by atoms with Gasteiger partial charge in [0, 0.05) is 10.0 Å². The van der Waals surface area contributed by atoms with Crippen molar-refractivity contribution in [3.63, 3.8) is 0 Å². The number of carbonyl (C=O) groups is 2. The summed E-state index contributed by atoms with van der Waals surface area (Å²) in [4.78, 5) is 26.5. The lowest BCUT2D eigenvalue weighted by Gasteiger charge is -2.12. The number of hydrogen-bond acceptors (Lipinski definition) is 3. The number of nitrogens with zero attached hydrogens (tertiary/aromatic N) is 1. The number of ether oxygens (including phenoxy) is 1. The highest BCUT2D eigenvalue weighted by molar-refractivity contribution is 9.10. The Morgan fingerprint density at radius 1 is 0.968 bits per heavy atom. The molecule has 1 aliphatic rings. The molecule has 1 fully saturated rings. The van der Waals surface area contributed by atoms with Crippen molar-refractivity contribution >= 4 is 33.9 Å². The fourth-order valence-electron chi connectivity index (χ4n) is 3.36. The first kappa shape index (κ1) is 20.9. The van der Waals surface area contributed by atoms with E-state index in [2.05, 4.69) is 27.3 Å². The predicted octanol–water partition coefficient (Wildman–Crippen LogP) is 5.43. The summed E-state index contributed by atoms with van der Waals surface area (Å²) in [5, 5.41) is 2.68. The van der Waals surface area contributed by atoms with E-state index < -0.39 is 6.03 Å². The summed E-state index contributed by atoms with van der Waals surface area (Å²) < 4.78 is 6.87. The van der Waals surface area contributed by atoms with Crippen LogP contribution < -0.4 is 10.1 Å². The minimum atomic E-state index is -0.433. The van der Waals surface area contributed by atoms with Gasteiger partial charge in [0.05, 0.1) is 6.54 Å². The van der Waals surface area contributed by atoms with E-state index in [1.807, 2.05) is 73.7 Å². The Hall–Kier alpha value is -3.38. The quantitative estimate of drug-likeness (QED) is 0.381. The van der Waals surface area contributed by atoms with Crippen LogP contribution in [0.15, 0.2) is 83.0 Å². The second-order valence-electron chi connectivity index (χ2n) is 7.32. The van der Waals surface area contributed by atoms with Crippen molar-refractivity contribution in [3.8, 4) is 5.75 Å². The van der Waals surface area contributed by atoms with Crippen LogP contribution in [0.4, 0.5) is 4.79 Å². The third kappa shape index (κ3) is 5.03. The van der Waals surface area contributed by atoms with Crippen molar-refractivity contribution in [1.29, 1.82) is 0 Å². The number of benzene rings is 3. The fourth-order valence-corrected chi connectivity index (χ4v) is 3.74. The minimum absolute atomic E-state index is 0.220. The van der Waals surface area contributed by atoms with E-state index in [-0.39, 0.29) is 18.1 Å². The van der Waals surface area contributed by atoms with E-state index in [4.69, 9.17) is 4.74 Å². The maximum Gasteiger partial charge on any atom is 0.329 e. The summed E-state index contributed by atoms with van der Waals surface area (Å²) in [6.45, 7) is 2.66. The average Bonchev–Trinajstić information content (AvgIpc) is 3.01. The van der Waals surface area contributed by atoms with Gasteiger partial charge in [-0.05, 0) is 42.3 Å². The van der Waals surface area contributed by atoms with Gasteiger partial charge in [-0.2, -0.15) is 0 Å². The van der Waals surface area contributed by atoms with Crippen LogP contribution in [0.25, 0.3) is 6.08 Å². The molecule has 31 heavy (non-hydrogen) atoms. The summed E-state index contributed by atoms with van der Waals surface area (Å²) in [6.07, 6.45) is 1.65. The van der Waals surface area contributed by atoms with Crippen LogP contribution in [0.3, 0.4) is 0 Å². The van der Waals surface area contributed by atoms with Crippen LogP contribution in [0.1, 0.15) is 22.3 Å². The van der Waals surface area contributed by atoms with Crippen molar-refractivity contribution in [2.24, 2.45) is 0 Å². The van der Waals surface area contributed by atoms with Crippen molar-refractivity contribution in [3.05, 3.63) is 105 Å². The van der Waals surface area contributed by atoms with Crippen LogP contribution in [0, 0.1) is 6.92 Å². The highest BCUT2D eigenvalue weighted by Crippen LogP contribution is 2.27. The molecule has 1 N–H and O–H groups in total. The number of carbonyl (C=O) groups excluding carboxylic acids is 2. The lowest BCUT2D eigenvalue weighted by molar-refractivity contribution is -0.123. The molecule has 3 aromatic carbocycles. The summed E-state index contributed by atoms with van der Waals surface area (Å²) in [5.41, 5.74) is 4.03. The molecule has 4 rings (SSSR count). The van der Waals surface area contributed by atoms with E-state index >= 15 is 0 Å². The Morgan fingerprint density at radius 3 is 2.52 bits per heavy atom. The number of aryl methyl sites for hydroxylation is 1. The van der Waals surface area contributed by atoms with Crippen molar-refractivity contribution in [2.45, 2.75) is 20.1 Å². The maximum absolute atomic E-state index is 12.9. The Labute approximate surface area is 189 Å². The number of nitrogens with one attached hydrogen (secondary N) is 1. The van der Waals surface area contributed by atoms with Crippen LogP contribution in [0.5, 0.6) is 5.75 Å². The van der Waals surface area contributed by atoms with Crippen molar-refractivity contribution < 1.29 is 14.3 Å². The number of halogens is 1. The molecule has 3 aromatic rings. The first-order chi connectivity index (χ1) is 15.0. The molecule has 0 aliphatic carbocycles. The van der Waals surface area contributed by atoms with Gasteiger partial charge in [-0.3, -0.25) is 9.69 Å². The van der Waals surface area contributed by atoms with E-state index in [1.165, 1.54) is 4.90 Å². The molecule has 5 nitrogen and oxygen atoms in total. The normalized spacial score (nSPS) is 14.8. The third-order valence-corrected chi connectivity index (χ3v) is 5.39. The molecule has 0 spiro atoms. The van der Waals surface area contributed by atoms with Gasteiger partial charge in [-0.25, -0.2) is 4.79 Å². The standard InChI is InChI=1S/C25H21BrN2O3/c1-17-6-5-9-19(12-17)16-31-23-11-10-21(26)13-20(23)14-22-24(29)28(25(30)27-22)15-18-7-3-2-4-8-18/h2-14H,15-16H2,1H3,(H,27,30)/b22-14+. The number of urea groups is 1. The smallest absolute Gasteiger partial charge is 0.329 e. The van der Waals surface area contributed by atoms with Crippen LogP contribution in [0.2, 0.25) is 0 Å². The highest BCUT2D eigenvalue weighted by Gasteiger charge is 2.33. The van der Waals surface area contributed by atoms with Crippen LogP contribution in [-0.4, -0.2) is 16.8 Å². The molecule has 3 amide bonds. The molecule has 0 saturated carbocycles. The molecule has 6 heteroatoms. The average molecular weight is 477 g/mol. The molecule has 0 radical (unpaired) electrons. The molecular formula is C25H21BrN2O3. The predicted molar refractivity (Wildman–Crippen MR) is 123 cm³/mol. The first-order valence-electron chi connectivity index (χ1n) is 9.86. The second-order valence-corrected chi connectivity index (χ2v) is 8.24. The lowest BCUT2D eigenvalue weighted by Crippen LogP contribution is -2.30. The summed E-state index contributed by atoms with van der Waals surface area (Å²) >= 11 is 3.47. The van der Waals surface area contributed by atoms with Gasteiger partial charge in [0.1, 0.15) is 18.1 Å². The number of imide groups is 1. The molecule has 0 aromatic heterocycles. The molecule has 1 heterocycles. The highest BCUT2D eigenvalue weighted by atomic mass is 79.9. The maximum atomic E-state index is 12.9. The fraction of sp³-hybridized carbons (Fsp3) is 0.120. The Kier molecular flexibility index (Phi) is 6.18. The summed E-state index contributed by atoms with van der Waals surface area (Å²) in [5.74, 6) is 0.263. The second kappa shape index (κ2) is 9.18.